The molecule has 0 saturated carbocycles. The van der Waals surface area contributed by atoms with Gasteiger partial charge >= 0.3 is 5.97 Å². The van der Waals surface area contributed by atoms with Crippen LogP contribution in [0, 0.1) is 23.7 Å². The van der Waals surface area contributed by atoms with Crippen molar-refractivity contribution in [3.05, 3.63) is 0 Å². The first-order chi connectivity index (χ1) is 22.1. The Hall–Kier alpha value is -3.26. The summed E-state index contributed by atoms with van der Waals surface area (Å²) in [6.45, 7) is 14.2. The van der Waals surface area contributed by atoms with Gasteiger partial charge in [0.25, 0.3) is 11.8 Å². The molecule has 0 spiro atoms. The molecule has 4 heterocycles. The third kappa shape index (κ3) is 7.90. The van der Waals surface area contributed by atoms with E-state index in [9.17, 15) is 28.8 Å². The summed E-state index contributed by atoms with van der Waals surface area (Å²) in [4.78, 5) is 87.5. The molecule has 7 unspecified atom stereocenters. The van der Waals surface area contributed by atoms with Gasteiger partial charge in [-0.3, -0.25) is 34.0 Å². The molecule has 4 rings (SSSR count). The van der Waals surface area contributed by atoms with Gasteiger partial charge in [-0.25, -0.2) is 15.6 Å². The number of esters is 1. The van der Waals surface area contributed by atoms with Crippen LogP contribution >= 0.6 is 0 Å². The summed E-state index contributed by atoms with van der Waals surface area (Å²) in [6, 6.07) is -4.65. The molecule has 7 atom stereocenters. The molecule has 0 aromatic rings. The SMILES string of the molecule is CC(C)CC1C(=O)N2CC(C)CC2C(=O)NC(C(C)C)C(=O)OC(C(C)C)C(=O)N2NCCCC2C(=O)N2NCCCC2C(=O)N1C. The summed E-state index contributed by atoms with van der Waals surface area (Å²) in [6.07, 6.45) is 1.50. The summed E-state index contributed by atoms with van der Waals surface area (Å²) in [5.74, 6) is -3.74. The lowest BCUT2D eigenvalue weighted by atomic mass is 9.98. The summed E-state index contributed by atoms with van der Waals surface area (Å²) in [7, 11) is 1.59. The van der Waals surface area contributed by atoms with Gasteiger partial charge in [0.2, 0.25) is 17.7 Å². The molecule has 5 amide bonds. The van der Waals surface area contributed by atoms with Crippen molar-refractivity contribution in [3.63, 3.8) is 0 Å². The highest BCUT2D eigenvalue weighted by molar-refractivity contribution is 5.97. The zero-order valence-electron chi connectivity index (χ0n) is 29.3. The van der Waals surface area contributed by atoms with Crippen molar-refractivity contribution in [2.45, 2.75) is 123 Å². The largest absolute Gasteiger partial charge is 0.450 e. The van der Waals surface area contributed by atoms with Crippen LogP contribution in [0.2, 0.25) is 0 Å². The summed E-state index contributed by atoms with van der Waals surface area (Å²) in [5, 5.41) is 5.42. The van der Waals surface area contributed by atoms with Crippen molar-refractivity contribution < 1.29 is 33.5 Å². The van der Waals surface area contributed by atoms with Crippen LogP contribution in [0.3, 0.4) is 0 Å². The quantitative estimate of drug-likeness (QED) is 0.371. The molecule has 14 heteroatoms. The van der Waals surface area contributed by atoms with Crippen LogP contribution in [-0.2, 0) is 33.5 Å². The number of nitrogens with zero attached hydrogens (tertiary/aromatic N) is 4. The lowest BCUT2D eigenvalue weighted by molar-refractivity contribution is -0.174. The Bertz CT molecular complexity index is 1210. The second-order valence-corrected chi connectivity index (χ2v) is 14.8. The standard InChI is InChI=1S/C33H55N7O7/c1-18(2)15-25-30(43)38-17-21(7)16-24(38)28(41)36-26(19(3)4)33(46)47-27(20(5)6)32(45)40-23(12-10-14-35-40)31(44)39-22(11-9-13-34-39)29(42)37(25)8/h18-27,34-35H,9-17H2,1-8H3,(H,36,41). The fourth-order valence-corrected chi connectivity index (χ4v) is 7.10. The number of likely N-dealkylation sites (N-methyl/N-ethyl adjacent to an activating group) is 1. The molecule has 0 aliphatic carbocycles. The minimum Gasteiger partial charge on any atom is -0.450 e. The van der Waals surface area contributed by atoms with Crippen molar-refractivity contribution >= 4 is 35.5 Å². The Labute approximate surface area is 278 Å². The highest BCUT2D eigenvalue weighted by atomic mass is 16.6. The van der Waals surface area contributed by atoms with Crippen LogP contribution in [0.15, 0.2) is 0 Å². The number of amides is 5. The number of hydrazine groups is 2. The predicted molar refractivity (Wildman–Crippen MR) is 173 cm³/mol. The molecule has 0 bridgehead atoms. The number of fused-ring (bicyclic) bond motifs is 3. The lowest BCUT2D eigenvalue weighted by Crippen LogP contribution is -2.68. The van der Waals surface area contributed by atoms with E-state index in [4.69, 9.17) is 4.74 Å². The third-order valence-corrected chi connectivity index (χ3v) is 9.74. The van der Waals surface area contributed by atoms with Crippen LogP contribution in [-0.4, -0.2) is 118 Å². The van der Waals surface area contributed by atoms with Gasteiger partial charge in [-0.2, -0.15) is 0 Å². The highest BCUT2D eigenvalue weighted by Crippen LogP contribution is 2.29. The van der Waals surface area contributed by atoms with E-state index in [-0.39, 0.29) is 29.6 Å². The smallest absolute Gasteiger partial charge is 0.329 e. The number of rotatable bonds is 4. The molecular formula is C33H55N7O7. The number of hydrogen-bond acceptors (Lipinski definition) is 9. The van der Waals surface area contributed by atoms with E-state index < -0.39 is 65.9 Å². The normalized spacial score (nSPS) is 32.3. The van der Waals surface area contributed by atoms with Crippen molar-refractivity contribution in [2.24, 2.45) is 23.7 Å². The summed E-state index contributed by atoms with van der Waals surface area (Å²) >= 11 is 0. The van der Waals surface area contributed by atoms with Crippen LogP contribution in [0.25, 0.3) is 0 Å². The molecule has 4 aliphatic rings. The summed E-state index contributed by atoms with van der Waals surface area (Å²) in [5.41, 5.74) is 6.15. The summed E-state index contributed by atoms with van der Waals surface area (Å²) < 4.78 is 5.86. The average molecular weight is 662 g/mol. The van der Waals surface area contributed by atoms with Crippen molar-refractivity contribution in [1.82, 2.24) is 36.0 Å². The zero-order chi connectivity index (χ0) is 34.7. The Balaban J connectivity index is 1.81. The second-order valence-electron chi connectivity index (χ2n) is 14.8. The van der Waals surface area contributed by atoms with Crippen LogP contribution in [0.5, 0.6) is 0 Å². The van der Waals surface area contributed by atoms with Crippen molar-refractivity contribution in [2.75, 3.05) is 26.7 Å². The van der Waals surface area contributed by atoms with Gasteiger partial charge in [0.1, 0.15) is 30.2 Å². The van der Waals surface area contributed by atoms with E-state index in [0.717, 1.165) is 0 Å². The number of hydrogen-bond donors (Lipinski definition) is 3. The number of carbonyl (C=O) groups excluding carboxylic acids is 6. The van der Waals surface area contributed by atoms with Gasteiger partial charge in [-0.05, 0) is 62.2 Å². The van der Waals surface area contributed by atoms with Gasteiger partial charge in [0, 0.05) is 26.7 Å². The maximum atomic E-state index is 14.4. The van der Waals surface area contributed by atoms with E-state index >= 15 is 0 Å². The van der Waals surface area contributed by atoms with Gasteiger partial charge in [-0.15, -0.1) is 0 Å². The molecule has 4 fully saturated rings. The first kappa shape index (κ1) is 36.6. The van der Waals surface area contributed by atoms with Gasteiger partial charge in [0.05, 0.1) is 0 Å². The molecule has 0 aromatic heterocycles. The van der Waals surface area contributed by atoms with E-state index in [1.807, 2.05) is 20.8 Å². The van der Waals surface area contributed by atoms with Crippen LogP contribution < -0.4 is 16.2 Å². The second kappa shape index (κ2) is 15.3. The van der Waals surface area contributed by atoms with Gasteiger partial charge in [-0.1, -0.05) is 48.5 Å². The number of cyclic esters (lactones) is 1. The van der Waals surface area contributed by atoms with Gasteiger partial charge in [0.15, 0.2) is 6.10 Å². The zero-order valence-corrected chi connectivity index (χ0v) is 29.3. The molecule has 4 aliphatic heterocycles. The lowest BCUT2D eigenvalue weighted by Gasteiger charge is -2.44. The van der Waals surface area contributed by atoms with Crippen molar-refractivity contribution in [1.29, 1.82) is 0 Å². The Morgan fingerprint density at radius 3 is 1.89 bits per heavy atom. The maximum Gasteiger partial charge on any atom is 0.329 e. The van der Waals surface area contributed by atoms with Crippen molar-refractivity contribution in [3.8, 4) is 0 Å². The fourth-order valence-electron chi connectivity index (χ4n) is 7.10. The Morgan fingerprint density at radius 2 is 1.34 bits per heavy atom. The topological polar surface area (TPSA) is 161 Å². The number of ether oxygens (including phenoxy) is 1. The fraction of sp³-hybridized carbons (Fsp3) is 0.818. The molecule has 4 saturated heterocycles. The van der Waals surface area contributed by atoms with E-state index in [0.29, 0.717) is 58.2 Å². The number of carbonyl (C=O) groups is 6. The molecule has 3 N–H and O–H groups in total. The first-order valence-corrected chi connectivity index (χ1v) is 17.3. The molecule has 14 nitrogen and oxygen atoms in total. The molecule has 47 heavy (non-hydrogen) atoms. The van der Waals surface area contributed by atoms with E-state index in [1.165, 1.54) is 19.8 Å². The third-order valence-electron chi connectivity index (χ3n) is 9.74. The Kier molecular flexibility index (Phi) is 11.9. The average Bonchev–Trinajstić information content (AvgIpc) is 3.44. The minimum absolute atomic E-state index is 0.0115. The Morgan fingerprint density at radius 1 is 0.766 bits per heavy atom. The van der Waals surface area contributed by atoms with Crippen LogP contribution in [0.4, 0.5) is 0 Å². The maximum absolute atomic E-state index is 14.4. The van der Waals surface area contributed by atoms with Gasteiger partial charge < -0.3 is 19.9 Å². The predicted octanol–water partition coefficient (Wildman–Crippen LogP) is 0.810. The minimum atomic E-state index is -1.24. The van der Waals surface area contributed by atoms with Crippen LogP contribution in [0.1, 0.15) is 87.0 Å². The van der Waals surface area contributed by atoms with E-state index in [1.54, 1.807) is 34.7 Å². The molecule has 0 aromatic carbocycles. The molecular weight excluding hydrogens is 606 g/mol. The molecule has 264 valence electrons. The number of nitrogens with one attached hydrogen (secondary N) is 3. The first-order valence-electron chi connectivity index (χ1n) is 17.3. The highest BCUT2D eigenvalue weighted by Gasteiger charge is 2.48. The van der Waals surface area contributed by atoms with E-state index in [2.05, 4.69) is 16.2 Å². The monoisotopic (exact) mass is 661 g/mol. The molecule has 0 radical (unpaired) electrons.